The van der Waals surface area contributed by atoms with Crippen LogP contribution >= 0.6 is 0 Å². The first-order chi connectivity index (χ1) is 23.6. The van der Waals surface area contributed by atoms with Crippen LogP contribution in [0.4, 0.5) is 5.69 Å². The smallest absolute Gasteiger partial charge is 0.228 e. The van der Waals surface area contributed by atoms with Crippen LogP contribution in [0, 0.1) is 11.3 Å². The van der Waals surface area contributed by atoms with Crippen molar-refractivity contribution in [1.82, 2.24) is 9.47 Å². The van der Waals surface area contributed by atoms with Gasteiger partial charge in [0.05, 0.1) is 22.8 Å². The zero-order valence-corrected chi connectivity index (χ0v) is 26.6. The van der Waals surface area contributed by atoms with Crippen molar-refractivity contribution in [2.45, 2.75) is 18.9 Å². The summed E-state index contributed by atoms with van der Waals surface area (Å²) in [5.74, 6) is 1.79. The number of anilines is 1. The van der Waals surface area contributed by atoms with E-state index in [1.165, 1.54) is 44.2 Å². The predicted octanol–water partition coefficient (Wildman–Crippen LogP) is 9.56. The second-order valence-corrected chi connectivity index (χ2v) is 13.3. The van der Waals surface area contributed by atoms with E-state index in [-0.39, 0.29) is 11.9 Å². The van der Waals surface area contributed by atoms with Crippen LogP contribution in [-0.2, 0) is 0 Å². The average Bonchev–Trinajstić information content (AvgIpc) is 3.53. The SMILES string of the molecule is CC1C=CC=C2C1c1ccccc1N2C(=N)/N=C1/C(c2ccc(-c3ccc4c(c3)c3ccccc3n4-c3ccccc3)cc2)=CC2CN12. The van der Waals surface area contributed by atoms with E-state index in [0.717, 1.165) is 34.9 Å². The third-order valence-corrected chi connectivity index (χ3v) is 10.5. The molecule has 4 heterocycles. The maximum Gasteiger partial charge on any atom is 0.228 e. The topological polar surface area (TPSA) is 47.4 Å². The Morgan fingerprint density at radius 3 is 2.35 bits per heavy atom. The van der Waals surface area contributed by atoms with Crippen LogP contribution < -0.4 is 4.90 Å². The zero-order valence-electron chi connectivity index (χ0n) is 26.6. The molecule has 0 spiro atoms. The van der Waals surface area contributed by atoms with E-state index in [1.54, 1.807) is 0 Å². The number of amidine groups is 1. The molecule has 0 bridgehead atoms. The van der Waals surface area contributed by atoms with Crippen molar-refractivity contribution >= 4 is 44.9 Å². The van der Waals surface area contributed by atoms with Gasteiger partial charge in [0.1, 0.15) is 5.84 Å². The van der Waals surface area contributed by atoms with Gasteiger partial charge in [0.15, 0.2) is 0 Å². The van der Waals surface area contributed by atoms with E-state index in [4.69, 9.17) is 4.99 Å². The van der Waals surface area contributed by atoms with Crippen molar-refractivity contribution in [3.05, 3.63) is 162 Å². The fourth-order valence-electron chi connectivity index (χ4n) is 8.11. The highest BCUT2D eigenvalue weighted by Gasteiger charge is 2.44. The van der Waals surface area contributed by atoms with E-state index in [9.17, 15) is 5.41 Å². The lowest BCUT2D eigenvalue weighted by Crippen LogP contribution is -2.29. The van der Waals surface area contributed by atoms with Crippen molar-refractivity contribution in [3.8, 4) is 16.8 Å². The van der Waals surface area contributed by atoms with Gasteiger partial charge in [-0.3, -0.25) is 10.3 Å². The molecule has 1 aromatic heterocycles. The van der Waals surface area contributed by atoms with E-state index >= 15 is 0 Å². The number of guanidine groups is 1. The number of nitrogens with one attached hydrogen (secondary N) is 1. The minimum absolute atomic E-state index is 0.251. The molecule has 0 radical (unpaired) electrons. The van der Waals surface area contributed by atoms with Gasteiger partial charge in [-0.1, -0.05) is 104 Å². The van der Waals surface area contributed by atoms with Gasteiger partial charge in [-0.15, -0.1) is 0 Å². The summed E-state index contributed by atoms with van der Waals surface area (Å²) in [6.07, 6.45) is 8.85. The molecule has 5 aromatic carbocycles. The summed E-state index contributed by atoms with van der Waals surface area (Å²) in [6, 6.07) is 43.8. The number of allylic oxidation sites excluding steroid dienone is 4. The van der Waals surface area contributed by atoms with Crippen LogP contribution in [0.5, 0.6) is 0 Å². The lowest BCUT2D eigenvalue weighted by Gasteiger charge is -2.26. The summed E-state index contributed by atoms with van der Waals surface area (Å²) in [6.45, 7) is 3.22. The van der Waals surface area contributed by atoms with E-state index in [2.05, 4.69) is 167 Å². The molecular formula is C43H33N5. The summed E-state index contributed by atoms with van der Waals surface area (Å²) in [7, 11) is 0. The van der Waals surface area contributed by atoms with Crippen LogP contribution in [0.1, 0.15) is 24.0 Å². The molecule has 48 heavy (non-hydrogen) atoms. The van der Waals surface area contributed by atoms with Gasteiger partial charge in [0.25, 0.3) is 0 Å². The van der Waals surface area contributed by atoms with Gasteiger partial charge in [-0.2, -0.15) is 4.99 Å². The Kier molecular flexibility index (Phi) is 5.83. The molecule has 1 fully saturated rings. The second kappa shape index (κ2) is 10.3. The van der Waals surface area contributed by atoms with Gasteiger partial charge < -0.3 is 9.47 Å². The summed E-state index contributed by atoms with van der Waals surface area (Å²) in [5, 5.41) is 11.8. The first-order valence-corrected chi connectivity index (χ1v) is 16.8. The molecule has 0 amide bonds. The normalized spacial score (nSPS) is 21.4. The molecule has 10 rings (SSSR count). The number of benzene rings is 5. The van der Waals surface area contributed by atoms with Crippen LogP contribution in [0.3, 0.4) is 0 Å². The van der Waals surface area contributed by atoms with Crippen LogP contribution in [0.2, 0.25) is 0 Å². The summed E-state index contributed by atoms with van der Waals surface area (Å²) in [5.41, 5.74) is 11.7. The Morgan fingerprint density at radius 2 is 1.48 bits per heavy atom. The highest BCUT2D eigenvalue weighted by molar-refractivity contribution is 6.29. The molecule has 1 saturated heterocycles. The highest BCUT2D eigenvalue weighted by Crippen LogP contribution is 2.49. The van der Waals surface area contributed by atoms with Crippen LogP contribution in [-0.4, -0.2) is 33.8 Å². The van der Waals surface area contributed by atoms with Gasteiger partial charge in [0, 0.05) is 40.2 Å². The van der Waals surface area contributed by atoms with E-state index in [1.807, 2.05) is 0 Å². The number of fused-ring (bicyclic) bond motifs is 7. The lowest BCUT2D eigenvalue weighted by molar-refractivity contribution is 0.619. The minimum atomic E-state index is 0.251. The molecule has 5 nitrogen and oxygen atoms in total. The molecular weight excluding hydrogens is 587 g/mol. The Bertz CT molecular complexity index is 2430. The summed E-state index contributed by atoms with van der Waals surface area (Å²) >= 11 is 0. The second-order valence-electron chi connectivity index (χ2n) is 13.3. The molecule has 4 aliphatic rings. The first kappa shape index (κ1) is 27.2. The first-order valence-electron chi connectivity index (χ1n) is 16.8. The number of rotatable bonds is 3. The van der Waals surface area contributed by atoms with E-state index in [0.29, 0.717) is 12.0 Å². The number of aliphatic imine (C=N–C) groups is 1. The predicted molar refractivity (Wildman–Crippen MR) is 198 cm³/mol. The third-order valence-electron chi connectivity index (χ3n) is 10.5. The fourth-order valence-corrected chi connectivity index (χ4v) is 8.11. The molecule has 6 aromatic rings. The van der Waals surface area contributed by atoms with Crippen molar-refractivity contribution in [2.75, 3.05) is 11.4 Å². The van der Waals surface area contributed by atoms with Crippen molar-refractivity contribution in [2.24, 2.45) is 10.9 Å². The number of hydrogen-bond acceptors (Lipinski definition) is 1. The molecule has 3 atom stereocenters. The number of hydrogen-bond donors (Lipinski definition) is 1. The average molecular weight is 620 g/mol. The monoisotopic (exact) mass is 619 g/mol. The standard InChI is InChI=1S/C43H33N5/c1-27-10-9-17-40-41(27)34-14-6-8-16-38(34)48(40)43(44)45-42-35(25-32-26-46(32)42)29-20-18-28(19-21-29)30-22-23-39-36(24-30)33-13-5-7-15-37(33)47(39)31-11-3-2-4-12-31/h2-25,27,32,41,44H,26H2,1H3/b44-43?,45-42-. The van der Waals surface area contributed by atoms with E-state index < -0.39 is 0 Å². The zero-order chi connectivity index (χ0) is 31.9. The summed E-state index contributed by atoms with van der Waals surface area (Å²) in [4.78, 5) is 9.39. The lowest BCUT2D eigenvalue weighted by atomic mass is 9.84. The molecule has 1 N–H and O–H groups in total. The Hall–Kier alpha value is -5.94. The molecule has 3 aliphatic heterocycles. The fraction of sp³-hybridized carbons (Fsp3) is 0.116. The van der Waals surface area contributed by atoms with Crippen molar-refractivity contribution in [1.29, 1.82) is 5.41 Å². The molecule has 1 aliphatic carbocycles. The highest BCUT2D eigenvalue weighted by atomic mass is 15.4. The van der Waals surface area contributed by atoms with Crippen LogP contribution in [0.25, 0.3) is 44.2 Å². The molecule has 230 valence electrons. The van der Waals surface area contributed by atoms with Crippen molar-refractivity contribution in [3.63, 3.8) is 0 Å². The third kappa shape index (κ3) is 4.04. The Morgan fingerprint density at radius 1 is 0.750 bits per heavy atom. The van der Waals surface area contributed by atoms with Crippen LogP contribution in [0.15, 0.2) is 156 Å². The largest absolute Gasteiger partial charge is 0.345 e. The molecule has 5 heteroatoms. The quantitative estimate of drug-likeness (QED) is 0.122. The maximum absolute atomic E-state index is 9.28. The minimum Gasteiger partial charge on any atom is -0.345 e. The number of aromatic nitrogens is 1. The number of para-hydroxylation sites is 3. The maximum atomic E-state index is 9.28. The van der Waals surface area contributed by atoms with Crippen molar-refractivity contribution < 1.29 is 0 Å². The Balaban J connectivity index is 0.984. The molecule has 3 unspecified atom stereocenters. The van der Waals surface area contributed by atoms with Gasteiger partial charge in [-0.05, 0) is 76.7 Å². The molecule has 0 saturated carbocycles. The Labute approximate surface area is 279 Å². The van der Waals surface area contributed by atoms with Gasteiger partial charge in [-0.25, -0.2) is 0 Å². The van der Waals surface area contributed by atoms with Gasteiger partial charge in [0.2, 0.25) is 5.96 Å². The van der Waals surface area contributed by atoms with Gasteiger partial charge >= 0.3 is 0 Å². The number of nitrogens with zero attached hydrogens (tertiary/aromatic N) is 4. The summed E-state index contributed by atoms with van der Waals surface area (Å²) < 4.78 is 2.35.